The Hall–Kier alpha value is -1.85. The molecule has 0 aliphatic rings. The van der Waals surface area contributed by atoms with E-state index >= 15 is 0 Å². The summed E-state index contributed by atoms with van der Waals surface area (Å²) in [5.74, 6) is 0.405. The van der Waals surface area contributed by atoms with Gasteiger partial charge in [-0.15, -0.1) is 0 Å². The third-order valence-electron chi connectivity index (χ3n) is 2.79. The number of hydrogen-bond donors (Lipinski definition) is 2. The number of carboxylic acids is 1. The van der Waals surface area contributed by atoms with E-state index in [0.29, 0.717) is 11.8 Å². The van der Waals surface area contributed by atoms with Crippen LogP contribution in [0.3, 0.4) is 0 Å². The predicted octanol–water partition coefficient (Wildman–Crippen LogP) is 1.84. The van der Waals surface area contributed by atoms with E-state index < -0.39 is 5.97 Å². The van der Waals surface area contributed by atoms with E-state index in [2.05, 4.69) is 15.3 Å². The quantitative estimate of drug-likeness (QED) is 0.846. The molecule has 0 fully saturated rings. The van der Waals surface area contributed by atoms with Crippen LogP contribution in [0, 0.1) is 5.41 Å². The van der Waals surface area contributed by atoms with Gasteiger partial charge in [0.2, 0.25) is 5.95 Å². The van der Waals surface area contributed by atoms with E-state index in [1.165, 1.54) is 0 Å². The van der Waals surface area contributed by atoms with Crippen molar-refractivity contribution in [1.82, 2.24) is 9.97 Å². The Bertz CT molecular complexity index is 441. The van der Waals surface area contributed by atoms with Crippen molar-refractivity contribution >= 4 is 17.7 Å². The van der Waals surface area contributed by atoms with Gasteiger partial charge in [-0.1, -0.05) is 20.8 Å². The van der Waals surface area contributed by atoms with Gasteiger partial charge in [-0.05, 0) is 11.5 Å². The summed E-state index contributed by atoms with van der Waals surface area (Å²) < 4.78 is 0. The Morgan fingerprint density at radius 3 is 2.58 bits per heavy atom. The zero-order valence-corrected chi connectivity index (χ0v) is 12.1. The van der Waals surface area contributed by atoms with E-state index in [-0.39, 0.29) is 17.9 Å². The number of hydrogen-bond acceptors (Lipinski definition) is 5. The standard InChI is InChI=1S/C13H22N4O2/c1-13(2,3)9(8-11(18)19)15-10-6-7-14-12(16-10)17(4)5/h6-7,9H,8H2,1-5H3,(H,18,19)(H,14,15,16). The summed E-state index contributed by atoms with van der Waals surface area (Å²) in [6.07, 6.45) is 1.70. The monoisotopic (exact) mass is 266 g/mol. The van der Waals surface area contributed by atoms with Gasteiger partial charge >= 0.3 is 5.97 Å². The Morgan fingerprint density at radius 2 is 2.11 bits per heavy atom. The molecule has 106 valence electrons. The van der Waals surface area contributed by atoms with Gasteiger partial charge in [0.1, 0.15) is 5.82 Å². The molecule has 0 aliphatic heterocycles. The molecular weight excluding hydrogens is 244 g/mol. The fraction of sp³-hybridized carbons (Fsp3) is 0.615. The molecule has 6 nitrogen and oxygen atoms in total. The van der Waals surface area contributed by atoms with Crippen molar-refractivity contribution in [3.8, 4) is 0 Å². The average Bonchev–Trinajstić information content (AvgIpc) is 2.26. The lowest BCUT2D eigenvalue weighted by atomic mass is 9.85. The second-order valence-electron chi connectivity index (χ2n) is 5.80. The molecule has 0 bridgehead atoms. The van der Waals surface area contributed by atoms with Gasteiger partial charge < -0.3 is 15.3 Å². The zero-order chi connectivity index (χ0) is 14.6. The SMILES string of the molecule is CN(C)c1nccc(NC(CC(=O)O)C(C)(C)C)n1. The summed E-state index contributed by atoms with van der Waals surface area (Å²) in [7, 11) is 3.72. The molecule has 2 N–H and O–H groups in total. The lowest BCUT2D eigenvalue weighted by Crippen LogP contribution is -2.36. The smallest absolute Gasteiger partial charge is 0.305 e. The topological polar surface area (TPSA) is 78.4 Å². The molecule has 1 aromatic rings. The van der Waals surface area contributed by atoms with Crippen molar-refractivity contribution in [2.75, 3.05) is 24.3 Å². The highest BCUT2D eigenvalue weighted by Gasteiger charge is 2.27. The van der Waals surface area contributed by atoms with Crippen molar-refractivity contribution in [2.24, 2.45) is 5.41 Å². The first-order chi connectivity index (χ1) is 8.70. The number of nitrogens with one attached hydrogen (secondary N) is 1. The second-order valence-corrected chi connectivity index (χ2v) is 5.80. The predicted molar refractivity (Wildman–Crippen MR) is 75.5 cm³/mol. The highest BCUT2D eigenvalue weighted by Crippen LogP contribution is 2.25. The molecule has 6 heteroatoms. The second kappa shape index (κ2) is 5.86. The maximum Gasteiger partial charge on any atom is 0.305 e. The van der Waals surface area contributed by atoms with Crippen LogP contribution in [0.2, 0.25) is 0 Å². The molecule has 0 saturated carbocycles. The van der Waals surface area contributed by atoms with Crippen molar-refractivity contribution in [1.29, 1.82) is 0 Å². The van der Waals surface area contributed by atoms with Crippen LogP contribution >= 0.6 is 0 Å². The molecule has 1 heterocycles. The van der Waals surface area contributed by atoms with Crippen LogP contribution in [0.25, 0.3) is 0 Å². The van der Waals surface area contributed by atoms with Crippen LogP contribution in [0.1, 0.15) is 27.2 Å². The van der Waals surface area contributed by atoms with Gasteiger partial charge in [-0.25, -0.2) is 4.98 Å². The van der Waals surface area contributed by atoms with Crippen molar-refractivity contribution < 1.29 is 9.90 Å². The first-order valence-corrected chi connectivity index (χ1v) is 6.19. The van der Waals surface area contributed by atoms with E-state index in [1.54, 1.807) is 17.2 Å². The van der Waals surface area contributed by atoms with Crippen LogP contribution in [0.15, 0.2) is 12.3 Å². The van der Waals surface area contributed by atoms with Gasteiger partial charge in [-0.2, -0.15) is 4.98 Å². The molecule has 0 radical (unpaired) electrons. The van der Waals surface area contributed by atoms with Crippen LogP contribution < -0.4 is 10.2 Å². The van der Waals surface area contributed by atoms with Crippen LogP contribution in [-0.4, -0.2) is 41.2 Å². The molecule has 1 unspecified atom stereocenters. The molecular formula is C13H22N4O2. The van der Waals surface area contributed by atoms with Gasteiger partial charge in [-0.3, -0.25) is 4.79 Å². The Balaban J connectivity index is 2.90. The maximum absolute atomic E-state index is 10.9. The van der Waals surface area contributed by atoms with Gasteiger partial charge in [0, 0.05) is 26.3 Å². The fourth-order valence-corrected chi connectivity index (χ4v) is 1.57. The van der Waals surface area contributed by atoms with E-state index in [4.69, 9.17) is 5.11 Å². The highest BCUT2D eigenvalue weighted by atomic mass is 16.4. The highest BCUT2D eigenvalue weighted by molar-refractivity contribution is 5.68. The number of aliphatic carboxylic acids is 1. The molecule has 0 aromatic carbocycles. The average molecular weight is 266 g/mol. The van der Waals surface area contributed by atoms with E-state index in [9.17, 15) is 4.79 Å². The van der Waals surface area contributed by atoms with Crippen molar-refractivity contribution in [3.63, 3.8) is 0 Å². The van der Waals surface area contributed by atoms with Crippen LogP contribution in [-0.2, 0) is 4.79 Å². The fourth-order valence-electron chi connectivity index (χ4n) is 1.57. The first kappa shape index (κ1) is 15.2. The van der Waals surface area contributed by atoms with Gasteiger partial charge in [0.15, 0.2) is 0 Å². The number of aromatic nitrogens is 2. The van der Waals surface area contributed by atoms with Gasteiger partial charge in [0.05, 0.1) is 6.42 Å². The molecule has 19 heavy (non-hydrogen) atoms. The minimum atomic E-state index is -0.825. The molecule has 1 rings (SSSR count). The third kappa shape index (κ3) is 4.73. The molecule has 1 atom stereocenters. The summed E-state index contributed by atoms with van der Waals surface area (Å²) in [4.78, 5) is 21.2. The molecule has 1 aromatic heterocycles. The Labute approximate surface area is 113 Å². The number of rotatable bonds is 5. The maximum atomic E-state index is 10.9. The zero-order valence-electron chi connectivity index (χ0n) is 12.1. The first-order valence-electron chi connectivity index (χ1n) is 6.19. The summed E-state index contributed by atoms with van der Waals surface area (Å²) >= 11 is 0. The Kier molecular flexibility index (Phi) is 4.69. The van der Waals surface area contributed by atoms with Gasteiger partial charge in [0.25, 0.3) is 0 Å². The number of carboxylic acid groups (broad SMARTS) is 1. The summed E-state index contributed by atoms with van der Waals surface area (Å²) in [5.41, 5.74) is -0.179. The van der Waals surface area contributed by atoms with Crippen molar-refractivity contribution in [3.05, 3.63) is 12.3 Å². The summed E-state index contributed by atoms with van der Waals surface area (Å²) in [5, 5.41) is 12.2. The number of nitrogens with zero attached hydrogens (tertiary/aromatic N) is 3. The normalized spacial score (nSPS) is 12.9. The lowest BCUT2D eigenvalue weighted by Gasteiger charge is -2.30. The van der Waals surface area contributed by atoms with Crippen molar-refractivity contribution in [2.45, 2.75) is 33.2 Å². The Morgan fingerprint density at radius 1 is 1.47 bits per heavy atom. The lowest BCUT2D eigenvalue weighted by molar-refractivity contribution is -0.137. The van der Waals surface area contributed by atoms with E-state index in [1.807, 2.05) is 34.9 Å². The van der Waals surface area contributed by atoms with Crippen LogP contribution in [0.4, 0.5) is 11.8 Å². The number of anilines is 2. The minimum absolute atomic E-state index is 0.0464. The molecule has 0 amide bonds. The molecule has 0 saturated heterocycles. The summed E-state index contributed by atoms with van der Waals surface area (Å²) in [6.45, 7) is 6.00. The summed E-state index contributed by atoms with van der Waals surface area (Å²) in [6, 6.07) is 1.54. The minimum Gasteiger partial charge on any atom is -0.481 e. The molecule has 0 aliphatic carbocycles. The molecule has 0 spiro atoms. The van der Waals surface area contributed by atoms with E-state index in [0.717, 1.165) is 0 Å². The third-order valence-corrected chi connectivity index (χ3v) is 2.79. The van der Waals surface area contributed by atoms with Crippen LogP contribution in [0.5, 0.6) is 0 Å². The number of carbonyl (C=O) groups is 1. The largest absolute Gasteiger partial charge is 0.481 e.